The van der Waals surface area contributed by atoms with E-state index in [1.54, 1.807) is 0 Å². The Morgan fingerprint density at radius 1 is 1.14 bits per heavy atom. The van der Waals surface area contributed by atoms with Gasteiger partial charge in [0.25, 0.3) is 5.91 Å². The Morgan fingerprint density at radius 3 is 2.54 bits per heavy atom. The number of carbonyl (C=O) groups excluding carboxylic acids is 2. The van der Waals surface area contributed by atoms with Crippen molar-refractivity contribution in [2.45, 2.75) is 46.0 Å². The summed E-state index contributed by atoms with van der Waals surface area (Å²) >= 11 is 1.43. The van der Waals surface area contributed by atoms with Gasteiger partial charge in [0.15, 0.2) is 0 Å². The van der Waals surface area contributed by atoms with Crippen molar-refractivity contribution in [3.8, 4) is 0 Å². The maximum absolute atomic E-state index is 13.0. The average Bonchev–Trinajstić information content (AvgIpc) is 2.98. The SMILES string of the molecule is Cc1ccc(NC(=O)c2c(NC(=O)CCC(=O)O)sc3c2CCC(C)C3)cc1. The maximum Gasteiger partial charge on any atom is 0.303 e. The molecule has 1 atom stereocenters. The highest BCUT2D eigenvalue weighted by atomic mass is 32.1. The molecule has 1 aromatic heterocycles. The van der Waals surface area contributed by atoms with Crippen LogP contribution in [0.2, 0.25) is 0 Å². The van der Waals surface area contributed by atoms with Gasteiger partial charge in [-0.05, 0) is 49.8 Å². The molecule has 6 nitrogen and oxygen atoms in total. The third-order valence-corrected chi connectivity index (χ3v) is 6.04. The van der Waals surface area contributed by atoms with Gasteiger partial charge in [0.2, 0.25) is 5.91 Å². The van der Waals surface area contributed by atoms with Crippen LogP contribution < -0.4 is 10.6 Å². The number of anilines is 2. The first-order valence-electron chi connectivity index (χ1n) is 9.37. The molecule has 3 N–H and O–H groups in total. The van der Waals surface area contributed by atoms with Gasteiger partial charge in [-0.2, -0.15) is 0 Å². The average molecular weight is 401 g/mol. The van der Waals surface area contributed by atoms with Crippen LogP contribution >= 0.6 is 11.3 Å². The lowest BCUT2D eigenvalue weighted by Gasteiger charge is -2.18. The van der Waals surface area contributed by atoms with Crippen LogP contribution in [0, 0.1) is 12.8 Å². The molecule has 7 heteroatoms. The standard InChI is InChI=1S/C21H24N2O4S/c1-12-3-6-14(7-4-12)22-20(27)19-15-8-5-13(2)11-16(15)28-21(19)23-17(24)9-10-18(25)26/h3-4,6-7,13H,5,8-11H2,1-2H3,(H,22,27)(H,23,24)(H,25,26). The number of amides is 2. The second kappa shape index (κ2) is 8.56. The molecule has 0 fully saturated rings. The largest absolute Gasteiger partial charge is 0.481 e. The minimum absolute atomic E-state index is 0.118. The van der Waals surface area contributed by atoms with E-state index in [4.69, 9.17) is 5.11 Å². The summed E-state index contributed by atoms with van der Waals surface area (Å²) in [6, 6.07) is 7.54. The number of thiophene rings is 1. The van der Waals surface area contributed by atoms with E-state index in [1.807, 2.05) is 31.2 Å². The van der Waals surface area contributed by atoms with E-state index in [2.05, 4.69) is 17.6 Å². The molecule has 1 aliphatic carbocycles. The first-order chi connectivity index (χ1) is 13.3. The van der Waals surface area contributed by atoms with Crippen LogP contribution in [-0.4, -0.2) is 22.9 Å². The molecule has 0 saturated heterocycles. The molecule has 0 spiro atoms. The van der Waals surface area contributed by atoms with Crippen LogP contribution in [0.15, 0.2) is 24.3 Å². The number of carboxylic acid groups (broad SMARTS) is 1. The first-order valence-corrected chi connectivity index (χ1v) is 10.2. The van der Waals surface area contributed by atoms with E-state index in [9.17, 15) is 14.4 Å². The summed E-state index contributed by atoms with van der Waals surface area (Å²) in [6.45, 7) is 4.16. The number of nitrogens with one attached hydrogen (secondary N) is 2. The van der Waals surface area contributed by atoms with Gasteiger partial charge in [-0.15, -0.1) is 11.3 Å². The number of carboxylic acids is 1. The Hall–Kier alpha value is -2.67. The molecule has 148 valence electrons. The van der Waals surface area contributed by atoms with E-state index >= 15 is 0 Å². The van der Waals surface area contributed by atoms with Gasteiger partial charge in [-0.25, -0.2) is 0 Å². The van der Waals surface area contributed by atoms with Gasteiger partial charge in [0.05, 0.1) is 12.0 Å². The molecule has 28 heavy (non-hydrogen) atoms. The smallest absolute Gasteiger partial charge is 0.303 e. The second-order valence-electron chi connectivity index (χ2n) is 7.32. The van der Waals surface area contributed by atoms with Crippen LogP contribution in [0.3, 0.4) is 0 Å². The third-order valence-electron chi connectivity index (χ3n) is 4.87. The van der Waals surface area contributed by atoms with Gasteiger partial charge in [-0.1, -0.05) is 24.6 Å². The van der Waals surface area contributed by atoms with E-state index < -0.39 is 11.9 Å². The Bertz CT molecular complexity index is 902. The number of aliphatic carboxylic acids is 1. The third kappa shape index (κ3) is 4.78. The van der Waals surface area contributed by atoms with Crippen molar-refractivity contribution in [3.05, 3.63) is 45.8 Å². The molecule has 2 amide bonds. The van der Waals surface area contributed by atoms with E-state index in [0.29, 0.717) is 22.2 Å². The van der Waals surface area contributed by atoms with Crippen molar-refractivity contribution in [3.63, 3.8) is 0 Å². The maximum atomic E-state index is 13.0. The summed E-state index contributed by atoms with van der Waals surface area (Å²) in [4.78, 5) is 37.0. The van der Waals surface area contributed by atoms with Crippen molar-refractivity contribution >= 4 is 39.8 Å². The zero-order valence-corrected chi connectivity index (χ0v) is 16.8. The topological polar surface area (TPSA) is 95.5 Å². The number of hydrogen-bond acceptors (Lipinski definition) is 4. The number of rotatable bonds is 6. The molecule has 1 unspecified atom stereocenters. The summed E-state index contributed by atoms with van der Waals surface area (Å²) in [6.07, 6.45) is 2.33. The van der Waals surface area contributed by atoms with Crippen LogP contribution in [0.25, 0.3) is 0 Å². The fourth-order valence-electron chi connectivity index (χ4n) is 3.32. The quantitative estimate of drug-likeness (QED) is 0.676. The molecule has 1 aromatic carbocycles. The first kappa shape index (κ1) is 20.1. The number of aryl methyl sites for hydroxylation is 1. The summed E-state index contributed by atoms with van der Waals surface area (Å²) < 4.78 is 0. The van der Waals surface area contributed by atoms with Crippen LogP contribution in [-0.2, 0) is 22.4 Å². The lowest BCUT2D eigenvalue weighted by atomic mass is 9.88. The van der Waals surface area contributed by atoms with Crippen molar-refractivity contribution in [1.29, 1.82) is 0 Å². The summed E-state index contributed by atoms with van der Waals surface area (Å²) in [5, 5.41) is 15.0. The highest BCUT2D eigenvalue weighted by molar-refractivity contribution is 7.17. The molecular weight excluding hydrogens is 376 g/mol. The highest BCUT2D eigenvalue weighted by Crippen LogP contribution is 2.40. The van der Waals surface area contributed by atoms with Gasteiger partial charge in [0.1, 0.15) is 5.00 Å². The van der Waals surface area contributed by atoms with Gasteiger partial charge < -0.3 is 15.7 Å². The lowest BCUT2D eigenvalue weighted by molar-refractivity contribution is -0.138. The highest BCUT2D eigenvalue weighted by Gasteiger charge is 2.28. The predicted octanol–water partition coefficient (Wildman–Crippen LogP) is 4.24. The minimum atomic E-state index is -1.02. The van der Waals surface area contributed by atoms with Crippen molar-refractivity contribution in [2.75, 3.05) is 10.6 Å². The second-order valence-corrected chi connectivity index (χ2v) is 8.42. The Kier molecular flexibility index (Phi) is 6.14. The van der Waals surface area contributed by atoms with Crippen molar-refractivity contribution in [2.24, 2.45) is 5.92 Å². The fourth-order valence-corrected chi connectivity index (χ4v) is 4.74. The molecule has 0 saturated carbocycles. The summed E-state index contributed by atoms with van der Waals surface area (Å²) in [5.74, 6) is -1.12. The Balaban J connectivity index is 1.86. The van der Waals surface area contributed by atoms with E-state index in [-0.39, 0.29) is 18.7 Å². The normalized spacial score (nSPS) is 15.6. The molecule has 2 aromatic rings. The zero-order chi connectivity index (χ0) is 20.3. The molecule has 0 radical (unpaired) electrons. The fraction of sp³-hybridized carbons (Fsp3) is 0.381. The molecular formula is C21H24N2O4S. The van der Waals surface area contributed by atoms with E-state index in [1.165, 1.54) is 11.3 Å². The molecule has 0 bridgehead atoms. The summed E-state index contributed by atoms with van der Waals surface area (Å²) in [7, 11) is 0. The monoisotopic (exact) mass is 400 g/mol. The molecule has 0 aliphatic heterocycles. The van der Waals surface area contributed by atoms with Crippen molar-refractivity contribution < 1.29 is 19.5 Å². The van der Waals surface area contributed by atoms with E-state index in [0.717, 1.165) is 35.3 Å². The van der Waals surface area contributed by atoms with Crippen LogP contribution in [0.4, 0.5) is 10.7 Å². The number of carbonyl (C=O) groups is 3. The van der Waals surface area contributed by atoms with Gasteiger partial charge >= 0.3 is 5.97 Å². The van der Waals surface area contributed by atoms with Crippen LogP contribution in [0.5, 0.6) is 0 Å². The number of benzene rings is 1. The molecule has 3 rings (SSSR count). The predicted molar refractivity (Wildman–Crippen MR) is 110 cm³/mol. The summed E-state index contributed by atoms with van der Waals surface area (Å²) in [5.41, 5.74) is 3.31. The van der Waals surface area contributed by atoms with Gasteiger partial charge in [-0.3, -0.25) is 14.4 Å². The Morgan fingerprint density at radius 2 is 1.86 bits per heavy atom. The lowest BCUT2D eigenvalue weighted by Crippen LogP contribution is -2.19. The minimum Gasteiger partial charge on any atom is -0.481 e. The number of hydrogen-bond donors (Lipinski definition) is 3. The van der Waals surface area contributed by atoms with Crippen LogP contribution in [0.1, 0.15) is 52.5 Å². The Labute approximate surface area is 168 Å². The molecule has 1 heterocycles. The van der Waals surface area contributed by atoms with Crippen molar-refractivity contribution in [1.82, 2.24) is 0 Å². The van der Waals surface area contributed by atoms with Gasteiger partial charge in [0, 0.05) is 17.0 Å². The zero-order valence-electron chi connectivity index (χ0n) is 16.0. The molecule has 1 aliphatic rings. The number of fused-ring (bicyclic) bond motifs is 1.